The first-order valence-corrected chi connectivity index (χ1v) is 11.7. The molecule has 0 bridgehead atoms. The van der Waals surface area contributed by atoms with Gasteiger partial charge in [-0.05, 0) is 37.5 Å². The predicted molar refractivity (Wildman–Crippen MR) is 124 cm³/mol. The Bertz CT molecular complexity index is 1140. The van der Waals surface area contributed by atoms with Gasteiger partial charge >= 0.3 is 0 Å². The van der Waals surface area contributed by atoms with Crippen molar-refractivity contribution in [2.24, 2.45) is 5.92 Å². The van der Waals surface area contributed by atoms with Crippen molar-refractivity contribution < 1.29 is 9.59 Å². The minimum Gasteiger partial charge on any atom is -0.339 e. The van der Waals surface area contributed by atoms with E-state index in [1.807, 2.05) is 50.9 Å². The molecule has 2 amide bonds. The van der Waals surface area contributed by atoms with Crippen LogP contribution in [0.1, 0.15) is 48.0 Å². The lowest BCUT2D eigenvalue weighted by Gasteiger charge is -2.37. The summed E-state index contributed by atoms with van der Waals surface area (Å²) in [4.78, 5) is 34.4. The molecule has 5 rings (SSSR count). The zero-order valence-corrected chi connectivity index (χ0v) is 18.7. The first kappa shape index (κ1) is 20.7. The number of aryl methyl sites for hydroxylation is 1. The van der Waals surface area contributed by atoms with Crippen LogP contribution >= 0.6 is 0 Å². The summed E-state index contributed by atoms with van der Waals surface area (Å²) >= 11 is 0. The highest BCUT2D eigenvalue weighted by Gasteiger charge is 2.30. The number of imidazole rings is 1. The van der Waals surface area contributed by atoms with E-state index >= 15 is 0 Å². The molecule has 6 nitrogen and oxygen atoms in total. The van der Waals surface area contributed by atoms with Gasteiger partial charge in [0.2, 0.25) is 5.91 Å². The Morgan fingerprint density at radius 1 is 0.906 bits per heavy atom. The molecule has 0 unspecified atom stereocenters. The molecule has 0 N–H and O–H groups in total. The number of carbonyl (C=O) groups excluding carboxylic acids is 2. The molecule has 0 spiro atoms. The molecule has 1 saturated carbocycles. The van der Waals surface area contributed by atoms with Crippen LogP contribution in [0.5, 0.6) is 0 Å². The Morgan fingerprint density at radius 3 is 2.38 bits per heavy atom. The van der Waals surface area contributed by atoms with Crippen LogP contribution in [0.2, 0.25) is 0 Å². The third-order valence-electron chi connectivity index (χ3n) is 7.01. The number of hydrogen-bond acceptors (Lipinski definition) is 3. The lowest BCUT2D eigenvalue weighted by atomic mass is 9.88. The molecule has 1 saturated heterocycles. The third kappa shape index (κ3) is 3.90. The molecule has 3 heterocycles. The van der Waals surface area contributed by atoms with Crippen molar-refractivity contribution in [3.05, 3.63) is 59.9 Å². The number of aromatic nitrogens is 2. The SMILES string of the molecule is Cc1ccccc1-c1cnc2ccc(C(=O)N3CCN(C(=O)C4CCCCC4)CC3)cn12. The summed E-state index contributed by atoms with van der Waals surface area (Å²) in [5.74, 6) is 0.495. The molecule has 3 aromatic rings. The molecule has 2 aliphatic rings. The van der Waals surface area contributed by atoms with Crippen molar-refractivity contribution in [1.82, 2.24) is 19.2 Å². The molecule has 2 aromatic heterocycles. The van der Waals surface area contributed by atoms with Crippen LogP contribution in [-0.4, -0.2) is 57.2 Å². The van der Waals surface area contributed by atoms with Gasteiger partial charge < -0.3 is 9.80 Å². The van der Waals surface area contributed by atoms with Gasteiger partial charge in [0.05, 0.1) is 17.5 Å². The lowest BCUT2D eigenvalue weighted by molar-refractivity contribution is -0.138. The number of carbonyl (C=O) groups is 2. The number of rotatable bonds is 3. The number of piperazine rings is 1. The van der Waals surface area contributed by atoms with Gasteiger partial charge in [-0.25, -0.2) is 4.98 Å². The Balaban J connectivity index is 1.31. The average Bonchev–Trinajstić information content (AvgIpc) is 3.27. The number of pyridine rings is 1. The van der Waals surface area contributed by atoms with Gasteiger partial charge in [-0.1, -0.05) is 43.5 Å². The van der Waals surface area contributed by atoms with Gasteiger partial charge in [0.1, 0.15) is 5.65 Å². The van der Waals surface area contributed by atoms with Gasteiger partial charge in [-0.3, -0.25) is 14.0 Å². The van der Waals surface area contributed by atoms with Gasteiger partial charge in [0, 0.05) is 43.9 Å². The number of fused-ring (bicyclic) bond motifs is 1. The molecular formula is C26H30N4O2. The third-order valence-corrected chi connectivity index (χ3v) is 7.01. The second-order valence-corrected chi connectivity index (χ2v) is 9.06. The quantitative estimate of drug-likeness (QED) is 0.627. The fourth-order valence-corrected chi connectivity index (χ4v) is 5.09. The van der Waals surface area contributed by atoms with Crippen molar-refractivity contribution in [3.63, 3.8) is 0 Å². The molecule has 0 radical (unpaired) electrons. The second-order valence-electron chi connectivity index (χ2n) is 9.06. The Hall–Kier alpha value is -3.15. The summed E-state index contributed by atoms with van der Waals surface area (Å²) in [5, 5.41) is 0. The summed E-state index contributed by atoms with van der Waals surface area (Å²) < 4.78 is 2.00. The summed E-state index contributed by atoms with van der Waals surface area (Å²) in [5.41, 5.74) is 4.74. The molecule has 6 heteroatoms. The Morgan fingerprint density at radius 2 is 1.62 bits per heavy atom. The zero-order valence-electron chi connectivity index (χ0n) is 18.7. The summed E-state index contributed by atoms with van der Waals surface area (Å²) in [6.07, 6.45) is 9.37. The fourth-order valence-electron chi connectivity index (χ4n) is 5.09. The maximum absolute atomic E-state index is 13.2. The highest BCUT2D eigenvalue weighted by molar-refractivity contribution is 5.94. The van der Waals surface area contributed by atoms with Crippen molar-refractivity contribution >= 4 is 17.5 Å². The summed E-state index contributed by atoms with van der Waals surface area (Å²) in [6, 6.07) is 12.0. The monoisotopic (exact) mass is 430 g/mol. The standard InChI is InChI=1S/C26H30N4O2/c1-19-7-5-6-10-22(19)23-17-27-24-12-11-21(18-30(23)24)26(32)29-15-13-28(14-16-29)25(31)20-8-3-2-4-9-20/h5-7,10-12,17-18,20H,2-4,8-9,13-16H2,1H3. The number of benzene rings is 1. The zero-order chi connectivity index (χ0) is 22.1. The van der Waals surface area contributed by atoms with Crippen LogP contribution in [0.25, 0.3) is 16.9 Å². The smallest absolute Gasteiger partial charge is 0.255 e. The largest absolute Gasteiger partial charge is 0.339 e. The van der Waals surface area contributed by atoms with Crippen LogP contribution in [0.3, 0.4) is 0 Å². The maximum atomic E-state index is 13.2. The highest BCUT2D eigenvalue weighted by Crippen LogP contribution is 2.27. The van der Waals surface area contributed by atoms with E-state index in [0.717, 1.165) is 42.6 Å². The van der Waals surface area contributed by atoms with Crippen LogP contribution in [0, 0.1) is 12.8 Å². The van der Waals surface area contributed by atoms with Gasteiger partial charge in [0.15, 0.2) is 0 Å². The highest BCUT2D eigenvalue weighted by atomic mass is 16.2. The Kier molecular flexibility index (Phi) is 5.68. The lowest BCUT2D eigenvalue weighted by Crippen LogP contribution is -2.52. The van der Waals surface area contributed by atoms with E-state index in [4.69, 9.17) is 0 Å². The van der Waals surface area contributed by atoms with E-state index < -0.39 is 0 Å². The molecule has 166 valence electrons. The summed E-state index contributed by atoms with van der Waals surface area (Å²) in [7, 11) is 0. The van der Waals surface area contributed by atoms with Crippen molar-refractivity contribution in [2.45, 2.75) is 39.0 Å². The normalized spacial score (nSPS) is 17.7. The number of nitrogens with zero attached hydrogens (tertiary/aromatic N) is 4. The van der Waals surface area contributed by atoms with E-state index in [9.17, 15) is 9.59 Å². The topological polar surface area (TPSA) is 57.9 Å². The second kappa shape index (κ2) is 8.77. The van der Waals surface area contributed by atoms with E-state index in [1.165, 1.54) is 12.0 Å². The van der Waals surface area contributed by atoms with Crippen molar-refractivity contribution in [3.8, 4) is 11.3 Å². The minimum absolute atomic E-state index is 0.0149. The fraction of sp³-hybridized carbons (Fsp3) is 0.423. The molecular weight excluding hydrogens is 400 g/mol. The van der Waals surface area contributed by atoms with E-state index in [-0.39, 0.29) is 11.8 Å². The molecule has 1 aliphatic carbocycles. The van der Waals surface area contributed by atoms with Crippen LogP contribution in [0.4, 0.5) is 0 Å². The van der Waals surface area contributed by atoms with Crippen molar-refractivity contribution in [2.75, 3.05) is 26.2 Å². The molecule has 0 atom stereocenters. The van der Waals surface area contributed by atoms with E-state index in [0.29, 0.717) is 37.6 Å². The van der Waals surface area contributed by atoms with Gasteiger partial charge in [-0.2, -0.15) is 0 Å². The van der Waals surface area contributed by atoms with Crippen LogP contribution in [0.15, 0.2) is 48.8 Å². The number of hydrogen-bond donors (Lipinski definition) is 0. The van der Waals surface area contributed by atoms with E-state index in [2.05, 4.69) is 24.0 Å². The first-order chi connectivity index (χ1) is 15.6. The number of amides is 2. The van der Waals surface area contributed by atoms with Crippen LogP contribution < -0.4 is 0 Å². The minimum atomic E-state index is 0.0149. The van der Waals surface area contributed by atoms with Crippen LogP contribution in [-0.2, 0) is 4.79 Å². The van der Waals surface area contributed by atoms with Gasteiger partial charge in [-0.15, -0.1) is 0 Å². The molecule has 1 aromatic carbocycles. The summed E-state index contributed by atoms with van der Waals surface area (Å²) in [6.45, 7) is 4.51. The van der Waals surface area contributed by atoms with E-state index in [1.54, 1.807) is 0 Å². The molecule has 32 heavy (non-hydrogen) atoms. The predicted octanol–water partition coefficient (Wildman–Crippen LogP) is 4.17. The average molecular weight is 431 g/mol. The first-order valence-electron chi connectivity index (χ1n) is 11.7. The van der Waals surface area contributed by atoms with Crippen molar-refractivity contribution in [1.29, 1.82) is 0 Å². The Labute approximate surface area is 188 Å². The maximum Gasteiger partial charge on any atom is 0.255 e. The molecule has 2 fully saturated rings. The molecule has 1 aliphatic heterocycles. The van der Waals surface area contributed by atoms with Gasteiger partial charge in [0.25, 0.3) is 5.91 Å².